The topological polar surface area (TPSA) is 114 Å². The zero-order chi connectivity index (χ0) is 13.8. The van der Waals surface area contributed by atoms with Gasteiger partial charge in [-0.05, 0) is 13.0 Å². The Hall–Kier alpha value is -1.03. The first-order valence-corrected chi connectivity index (χ1v) is 8.31. The summed E-state index contributed by atoms with van der Waals surface area (Å²) < 4.78 is 37.6. The monoisotopic (exact) mass is 292 g/mol. The van der Waals surface area contributed by atoms with E-state index in [2.05, 4.69) is 15.1 Å². The van der Waals surface area contributed by atoms with E-state index in [4.69, 9.17) is 5.84 Å². The minimum atomic E-state index is -3.74. The first-order valence-electron chi connectivity index (χ1n) is 5.10. The molecule has 1 aromatic rings. The van der Waals surface area contributed by atoms with E-state index < -0.39 is 26.9 Å². The van der Waals surface area contributed by atoms with Crippen LogP contribution in [0.15, 0.2) is 23.4 Å². The third-order valence-corrected chi connectivity index (χ3v) is 4.66. The number of nitrogens with two attached hydrogens (primary N) is 1. The summed E-state index contributed by atoms with van der Waals surface area (Å²) in [6.45, 7) is 1.64. The van der Waals surface area contributed by atoms with Gasteiger partial charge in [-0.15, -0.1) is 0 Å². The van der Waals surface area contributed by atoms with E-state index in [9.17, 15) is 12.6 Å². The molecular weight excluding hydrogens is 276 g/mol. The molecule has 7 nitrogen and oxygen atoms in total. The average Bonchev–Trinajstić information content (AvgIpc) is 2.27. The fraction of sp³-hybridized carbons (Fsp3) is 0.444. The van der Waals surface area contributed by atoms with Crippen LogP contribution in [-0.4, -0.2) is 35.7 Å². The van der Waals surface area contributed by atoms with Crippen LogP contribution in [0.1, 0.15) is 6.92 Å². The van der Waals surface area contributed by atoms with Gasteiger partial charge in [0.15, 0.2) is 0 Å². The van der Waals surface area contributed by atoms with Crippen molar-refractivity contribution < 1.29 is 12.6 Å². The number of pyridine rings is 1. The molecule has 2 unspecified atom stereocenters. The summed E-state index contributed by atoms with van der Waals surface area (Å²) in [5, 5.41) is 0. The van der Waals surface area contributed by atoms with Crippen molar-refractivity contribution in [2.75, 3.05) is 17.4 Å². The Bertz CT molecular complexity index is 532. The maximum Gasteiger partial charge on any atom is 0.244 e. The molecule has 18 heavy (non-hydrogen) atoms. The largest absolute Gasteiger partial charge is 0.323 e. The highest BCUT2D eigenvalue weighted by molar-refractivity contribution is 7.89. The second kappa shape index (κ2) is 6.23. The molecule has 4 N–H and O–H groups in total. The number of anilines is 1. The maximum atomic E-state index is 12.1. The van der Waals surface area contributed by atoms with E-state index in [1.807, 2.05) is 0 Å². The zero-order valence-corrected chi connectivity index (χ0v) is 11.7. The van der Waals surface area contributed by atoms with Crippen molar-refractivity contribution in [2.45, 2.75) is 17.9 Å². The minimum absolute atomic E-state index is 0.0405. The van der Waals surface area contributed by atoms with Crippen LogP contribution in [0.25, 0.3) is 0 Å². The molecule has 0 saturated carbocycles. The van der Waals surface area contributed by atoms with Crippen LogP contribution >= 0.6 is 0 Å². The fourth-order valence-electron chi connectivity index (χ4n) is 1.43. The quantitative estimate of drug-likeness (QED) is 0.477. The Labute approximate surface area is 109 Å². The van der Waals surface area contributed by atoms with E-state index in [0.29, 0.717) is 0 Å². The molecule has 0 aliphatic rings. The van der Waals surface area contributed by atoms with Crippen LogP contribution in [0.2, 0.25) is 0 Å². The van der Waals surface area contributed by atoms with E-state index in [1.165, 1.54) is 24.7 Å². The fourth-order valence-corrected chi connectivity index (χ4v) is 3.68. The number of hydrazine groups is 1. The van der Waals surface area contributed by atoms with Gasteiger partial charge in [0, 0.05) is 41.2 Å². The van der Waals surface area contributed by atoms with Gasteiger partial charge < -0.3 is 5.43 Å². The van der Waals surface area contributed by atoms with Gasteiger partial charge in [-0.1, -0.05) is 0 Å². The number of hydrogen-bond donors (Lipinski definition) is 3. The molecule has 0 bridgehead atoms. The Kier molecular flexibility index (Phi) is 5.20. The predicted octanol–water partition coefficient (Wildman–Crippen LogP) is -0.587. The number of sulfonamides is 1. The first-order chi connectivity index (χ1) is 8.36. The van der Waals surface area contributed by atoms with Crippen LogP contribution in [0, 0.1) is 0 Å². The molecule has 0 aromatic carbocycles. The molecule has 0 aliphatic heterocycles. The Morgan fingerprint density at radius 1 is 1.56 bits per heavy atom. The Balaban J connectivity index is 2.96. The van der Waals surface area contributed by atoms with Crippen molar-refractivity contribution in [3.05, 3.63) is 18.5 Å². The number of aromatic nitrogens is 1. The molecule has 2 atom stereocenters. The second-order valence-electron chi connectivity index (χ2n) is 3.78. The molecule has 0 fully saturated rings. The first kappa shape index (κ1) is 15.0. The molecule has 0 radical (unpaired) electrons. The summed E-state index contributed by atoms with van der Waals surface area (Å²) in [4.78, 5) is 3.71. The molecule has 0 saturated heterocycles. The van der Waals surface area contributed by atoms with Gasteiger partial charge in [-0.3, -0.25) is 15.0 Å². The zero-order valence-electron chi connectivity index (χ0n) is 10.1. The molecule has 1 rings (SSSR count). The number of nitrogen functional groups attached to an aromatic ring is 1. The highest BCUT2D eigenvalue weighted by atomic mass is 32.2. The van der Waals surface area contributed by atoms with Crippen molar-refractivity contribution in [2.24, 2.45) is 5.84 Å². The smallest absolute Gasteiger partial charge is 0.244 e. The van der Waals surface area contributed by atoms with Gasteiger partial charge >= 0.3 is 0 Å². The summed E-state index contributed by atoms with van der Waals surface area (Å²) in [5.74, 6) is 5.48. The third kappa shape index (κ3) is 4.02. The van der Waals surface area contributed by atoms with Crippen LogP contribution in [-0.2, 0) is 20.8 Å². The standard InChI is InChI=1S/C9H16N4O3S2/c1-7(6-17(2)14)13-18(15,16)9-5-11-4-3-8(9)12-10/h3-5,7,13H,6,10H2,1-2H3,(H,11,12). The Morgan fingerprint density at radius 2 is 2.22 bits per heavy atom. The average molecular weight is 292 g/mol. The van der Waals surface area contributed by atoms with Crippen LogP contribution in [0.3, 0.4) is 0 Å². The second-order valence-corrected chi connectivity index (χ2v) is 6.94. The highest BCUT2D eigenvalue weighted by Gasteiger charge is 2.21. The van der Waals surface area contributed by atoms with Crippen LogP contribution in [0.4, 0.5) is 5.69 Å². The SMILES string of the molecule is CC(CS(C)=O)NS(=O)(=O)c1cnccc1NN. The van der Waals surface area contributed by atoms with Gasteiger partial charge in [0.25, 0.3) is 0 Å². The third-order valence-electron chi connectivity index (χ3n) is 2.07. The summed E-state index contributed by atoms with van der Waals surface area (Å²) in [6, 6.07) is 1.02. The molecule has 9 heteroatoms. The van der Waals surface area contributed by atoms with Crippen molar-refractivity contribution in [1.82, 2.24) is 9.71 Å². The molecule has 1 aromatic heterocycles. The predicted molar refractivity (Wildman–Crippen MR) is 70.8 cm³/mol. The van der Waals surface area contributed by atoms with E-state index >= 15 is 0 Å². The van der Waals surface area contributed by atoms with Crippen LogP contribution < -0.4 is 16.0 Å². The van der Waals surface area contributed by atoms with E-state index in [1.54, 1.807) is 6.92 Å². The maximum absolute atomic E-state index is 12.1. The molecule has 102 valence electrons. The molecular formula is C9H16N4O3S2. The van der Waals surface area contributed by atoms with E-state index in [0.717, 1.165) is 0 Å². The van der Waals surface area contributed by atoms with Gasteiger partial charge in [0.05, 0.1) is 5.69 Å². The number of hydrogen-bond acceptors (Lipinski definition) is 6. The van der Waals surface area contributed by atoms with Crippen molar-refractivity contribution >= 4 is 26.5 Å². The number of nitrogens with zero attached hydrogens (tertiary/aromatic N) is 1. The van der Waals surface area contributed by atoms with Crippen molar-refractivity contribution in [3.8, 4) is 0 Å². The van der Waals surface area contributed by atoms with Crippen molar-refractivity contribution in [3.63, 3.8) is 0 Å². The van der Waals surface area contributed by atoms with Gasteiger partial charge in [0.1, 0.15) is 4.90 Å². The Morgan fingerprint density at radius 3 is 2.78 bits per heavy atom. The lowest BCUT2D eigenvalue weighted by Gasteiger charge is -2.14. The van der Waals surface area contributed by atoms with Crippen LogP contribution in [0.5, 0.6) is 0 Å². The molecule has 0 aliphatic carbocycles. The van der Waals surface area contributed by atoms with E-state index in [-0.39, 0.29) is 16.3 Å². The van der Waals surface area contributed by atoms with Gasteiger partial charge in [-0.2, -0.15) is 0 Å². The normalized spacial score (nSPS) is 15.1. The summed E-state index contributed by atoms with van der Waals surface area (Å²) in [7, 11) is -4.81. The lowest BCUT2D eigenvalue weighted by molar-refractivity contribution is 0.570. The lowest BCUT2D eigenvalue weighted by Crippen LogP contribution is -2.36. The minimum Gasteiger partial charge on any atom is -0.323 e. The number of rotatable bonds is 6. The summed E-state index contributed by atoms with van der Waals surface area (Å²) in [5.41, 5.74) is 2.55. The lowest BCUT2D eigenvalue weighted by atomic mass is 10.4. The highest BCUT2D eigenvalue weighted by Crippen LogP contribution is 2.18. The molecule has 1 heterocycles. The summed E-state index contributed by atoms with van der Waals surface area (Å²) >= 11 is 0. The molecule has 0 spiro atoms. The molecule has 0 amide bonds. The van der Waals surface area contributed by atoms with Crippen molar-refractivity contribution in [1.29, 1.82) is 0 Å². The summed E-state index contributed by atoms with van der Waals surface area (Å²) in [6.07, 6.45) is 4.15. The van der Waals surface area contributed by atoms with Gasteiger partial charge in [-0.25, -0.2) is 13.1 Å². The van der Waals surface area contributed by atoms with Gasteiger partial charge in [0.2, 0.25) is 10.0 Å². The number of nitrogens with one attached hydrogen (secondary N) is 2.